The summed E-state index contributed by atoms with van der Waals surface area (Å²) in [5, 5.41) is 18.2. The first-order chi connectivity index (χ1) is 6.19. The first kappa shape index (κ1) is 16.9. The molecule has 0 bridgehead atoms. The number of hydrogen-bond donors (Lipinski definition) is 2. The molecule has 12 heteroatoms. The molecule has 15 heavy (non-hydrogen) atoms. The molecule has 0 radical (unpaired) electrons. The zero-order chi connectivity index (χ0) is 13.1. The van der Waals surface area contributed by atoms with Gasteiger partial charge in [0.2, 0.25) is 4.93 Å². The molecule has 1 atom stereocenters. The van der Waals surface area contributed by atoms with E-state index in [1.165, 1.54) is 0 Å². The second kappa shape index (κ2) is 4.99. The maximum atomic E-state index is 9.98. The van der Waals surface area contributed by atoms with E-state index < -0.39 is 28.8 Å². The van der Waals surface area contributed by atoms with Crippen molar-refractivity contribution in [3.63, 3.8) is 0 Å². The fraction of sp³-hybridized carbons (Fsp3) is 0.667. The summed E-state index contributed by atoms with van der Waals surface area (Å²) in [4.78, 5) is 32.2. The average molecular weight is 264 g/mol. The molecule has 0 saturated carbocycles. The summed E-state index contributed by atoms with van der Waals surface area (Å²) in [6, 6.07) is 0. The zero-order valence-corrected chi connectivity index (χ0v) is 8.73. The summed E-state index contributed by atoms with van der Waals surface area (Å²) in [7, 11) is -10.4. The van der Waals surface area contributed by atoms with Crippen LogP contribution in [0.5, 0.6) is 0 Å². The van der Waals surface area contributed by atoms with Crippen LogP contribution in [0.15, 0.2) is 0 Å². The monoisotopic (exact) mass is 264 g/mol. The number of carbonyl (C=O) groups is 1. The van der Waals surface area contributed by atoms with Gasteiger partial charge in [-0.1, -0.05) is 0 Å². The van der Waals surface area contributed by atoms with E-state index in [9.17, 15) is 18.3 Å². The third kappa shape index (κ3) is 8.44. The van der Waals surface area contributed by atoms with Gasteiger partial charge in [0.25, 0.3) is 10.1 Å². The largest absolute Gasteiger partial charge is 0.822 e. The van der Waals surface area contributed by atoms with E-state index in [-0.39, 0.29) is 0 Å². The first-order valence-corrected chi connectivity index (χ1v) is 5.73. The minimum atomic E-state index is -5.39. The minimum Gasteiger partial charge on any atom is -0.822 e. The van der Waals surface area contributed by atoms with E-state index in [4.69, 9.17) is 28.9 Å². The van der Waals surface area contributed by atoms with Gasteiger partial charge in [-0.15, -0.1) is 0 Å². The molecule has 0 amide bonds. The second-order valence-corrected chi connectivity index (χ2v) is 4.83. The smallest absolute Gasteiger partial charge is 0.300 e. The number of aliphatic carboxylic acids is 1. The van der Waals surface area contributed by atoms with Crippen LogP contribution >= 0.6 is 7.82 Å². The Morgan fingerprint density at radius 2 is 1.53 bits per heavy atom. The number of phosphoric acid groups is 1. The lowest BCUT2D eigenvalue weighted by Gasteiger charge is -2.36. The summed E-state index contributed by atoms with van der Waals surface area (Å²) < 4.78 is 36.5. The van der Waals surface area contributed by atoms with E-state index in [1.54, 1.807) is 0 Å². The molecular formula is C3H5O10PS-4. The van der Waals surface area contributed by atoms with Crippen LogP contribution in [0.25, 0.3) is 0 Å². The maximum Gasteiger partial charge on any atom is 0.300 e. The molecule has 0 aromatic rings. The normalized spacial score (nSPS) is 15.9. The van der Waals surface area contributed by atoms with Gasteiger partial charge in [-0.3, -0.25) is 4.55 Å². The molecule has 10 nitrogen and oxygen atoms in total. The Morgan fingerprint density at radius 1 is 1.33 bits per heavy atom. The molecule has 0 aliphatic rings. The zero-order valence-electron chi connectivity index (χ0n) is 7.02. The van der Waals surface area contributed by atoms with Gasteiger partial charge in [0.15, 0.2) is 0 Å². The van der Waals surface area contributed by atoms with Crippen molar-refractivity contribution in [2.24, 2.45) is 0 Å². The minimum absolute atomic E-state index is 0.400. The van der Waals surface area contributed by atoms with Gasteiger partial charge >= 0.3 is 0 Å². The lowest BCUT2D eigenvalue weighted by molar-refractivity contribution is -0.432. The highest BCUT2D eigenvalue weighted by Crippen LogP contribution is 2.08. The average Bonchev–Trinajstić information content (AvgIpc) is 1.79. The van der Waals surface area contributed by atoms with Gasteiger partial charge in [0.05, 0.1) is 5.97 Å². The van der Waals surface area contributed by atoms with Crippen LogP contribution in [0.1, 0.15) is 6.92 Å². The molecule has 0 rings (SSSR count). The predicted octanol–water partition coefficient (Wildman–Crippen LogP) is -5.49. The van der Waals surface area contributed by atoms with Crippen LogP contribution in [0.2, 0.25) is 0 Å². The predicted molar refractivity (Wildman–Crippen MR) is 34.8 cm³/mol. The Kier molecular flexibility index (Phi) is 5.60. The van der Waals surface area contributed by atoms with Crippen molar-refractivity contribution in [2.75, 3.05) is 0 Å². The Labute approximate surface area is 83.8 Å². The van der Waals surface area contributed by atoms with Gasteiger partial charge in [0, 0.05) is 0 Å². The van der Waals surface area contributed by atoms with Crippen molar-refractivity contribution in [3.05, 3.63) is 0 Å². The Balaban J connectivity index is 0. The Bertz CT molecular complexity index is 352. The molecule has 0 aliphatic heterocycles. The third-order valence-electron chi connectivity index (χ3n) is 0.881. The number of carboxylic acids is 1. The molecule has 2 N–H and O–H groups in total. The fourth-order valence-corrected chi connectivity index (χ4v) is 0.316. The second-order valence-electron chi connectivity index (χ2n) is 2.19. The fourth-order valence-electron chi connectivity index (χ4n) is 0.105. The van der Waals surface area contributed by atoms with E-state index in [2.05, 4.69) is 0 Å². The van der Waals surface area contributed by atoms with Gasteiger partial charge in [-0.25, -0.2) is 0 Å². The standard InChI is InChI=1S/C3H6O6S.H3O4P/c1-3(6,2(4)5)10(7,8)9;1-5(2,3)4/h6H,1H3,(H,4,5)(H,7,8,9);(H3,1,2,3,4)/p-4. The number of carbonyl (C=O) groups excluding carboxylic acids is 1. The van der Waals surface area contributed by atoms with Crippen molar-refractivity contribution in [1.82, 2.24) is 0 Å². The van der Waals surface area contributed by atoms with Gasteiger partial charge < -0.3 is 34.3 Å². The van der Waals surface area contributed by atoms with Crippen molar-refractivity contribution < 1.29 is 47.2 Å². The lowest BCUT2D eigenvalue weighted by atomic mass is 10.4. The van der Waals surface area contributed by atoms with Crippen LogP contribution in [-0.2, 0) is 19.5 Å². The molecule has 0 fully saturated rings. The summed E-state index contributed by atoms with van der Waals surface area (Å²) in [6.45, 7) is 0.400. The number of rotatable bonds is 2. The number of aliphatic hydroxyl groups is 1. The molecule has 1 unspecified atom stereocenters. The first-order valence-electron chi connectivity index (χ1n) is 2.83. The summed E-state index contributed by atoms with van der Waals surface area (Å²) in [5.41, 5.74) is 0. The number of hydrogen-bond acceptors (Lipinski definition) is 9. The number of carboxylic acid groups (broad SMARTS) is 1. The van der Waals surface area contributed by atoms with E-state index >= 15 is 0 Å². The van der Waals surface area contributed by atoms with Crippen molar-refractivity contribution in [2.45, 2.75) is 11.9 Å². The summed E-state index contributed by atoms with van der Waals surface area (Å²) in [5.74, 6) is -2.27. The van der Waals surface area contributed by atoms with E-state index in [0.29, 0.717) is 6.92 Å². The summed E-state index contributed by atoms with van der Waals surface area (Å²) in [6.07, 6.45) is 0. The maximum absolute atomic E-state index is 9.98. The Hall–Kier alpha value is -0.550. The molecule has 0 saturated heterocycles. The topological polar surface area (TPSA) is 201 Å². The van der Waals surface area contributed by atoms with Crippen LogP contribution in [-0.4, -0.2) is 29.0 Å². The third-order valence-corrected chi connectivity index (χ3v) is 2.05. The molecule has 0 aromatic heterocycles. The van der Waals surface area contributed by atoms with Gasteiger partial charge in [-0.05, 0) is 6.92 Å². The van der Waals surface area contributed by atoms with Crippen LogP contribution < -0.4 is 19.8 Å². The van der Waals surface area contributed by atoms with Crippen LogP contribution in [0, 0.1) is 0 Å². The van der Waals surface area contributed by atoms with Crippen molar-refractivity contribution in [3.8, 4) is 0 Å². The van der Waals surface area contributed by atoms with Crippen molar-refractivity contribution >= 4 is 23.9 Å². The van der Waals surface area contributed by atoms with E-state index in [0.717, 1.165) is 0 Å². The quantitative estimate of drug-likeness (QED) is 0.357. The molecule has 0 heterocycles. The van der Waals surface area contributed by atoms with Crippen LogP contribution in [0.4, 0.5) is 0 Å². The van der Waals surface area contributed by atoms with Gasteiger partial charge in [-0.2, -0.15) is 16.2 Å². The molecule has 0 aliphatic carbocycles. The van der Waals surface area contributed by atoms with Crippen LogP contribution in [0.3, 0.4) is 0 Å². The van der Waals surface area contributed by atoms with E-state index in [1.807, 2.05) is 0 Å². The van der Waals surface area contributed by atoms with Crippen molar-refractivity contribution in [1.29, 1.82) is 0 Å². The Morgan fingerprint density at radius 3 is 1.53 bits per heavy atom. The molecular weight excluding hydrogens is 259 g/mol. The van der Waals surface area contributed by atoms with Gasteiger partial charge in [0.1, 0.15) is 0 Å². The molecule has 92 valence electrons. The molecule has 0 aromatic carbocycles. The highest BCUT2D eigenvalue weighted by atomic mass is 32.2. The summed E-state index contributed by atoms with van der Waals surface area (Å²) >= 11 is 0. The lowest BCUT2D eigenvalue weighted by Crippen LogP contribution is -2.51. The SMILES string of the molecule is CC(O)(C(=O)[O-])S(=O)(=O)O.O=P([O-])([O-])[O-]. The highest BCUT2D eigenvalue weighted by molar-refractivity contribution is 7.87. The molecule has 0 spiro atoms. The highest BCUT2D eigenvalue weighted by Gasteiger charge is 2.36.